The molecule has 0 aliphatic heterocycles. The Hall–Kier alpha value is -3.87. The van der Waals surface area contributed by atoms with Gasteiger partial charge >= 0.3 is 11.9 Å². The van der Waals surface area contributed by atoms with Gasteiger partial charge in [0.15, 0.2) is 0 Å². The molecule has 3 rings (SSSR count). The van der Waals surface area contributed by atoms with Gasteiger partial charge in [-0.25, -0.2) is 14.6 Å². The largest absolute Gasteiger partial charge is 0.465 e. The minimum atomic E-state index is -0.531. The van der Waals surface area contributed by atoms with E-state index in [1.807, 2.05) is 57.2 Å². The van der Waals surface area contributed by atoms with Gasteiger partial charge in [-0.2, -0.15) is 0 Å². The Bertz CT molecular complexity index is 1060. The molecule has 0 bridgehead atoms. The molecule has 2 aromatic carbocycles. The summed E-state index contributed by atoms with van der Waals surface area (Å²) in [4.78, 5) is 28.2. The third-order valence-corrected chi connectivity index (χ3v) is 4.17. The molecular formula is C24H25N3O4. The second kappa shape index (κ2) is 9.30. The van der Waals surface area contributed by atoms with E-state index in [4.69, 9.17) is 9.47 Å². The van der Waals surface area contributed by atoms with Crippen LogP contribution in [0.4, 0.5) is 22.9 Å². The lowest BCUT2D eigenvalue weighted by molar-refractivity contribution is 0.00693. The van der Waals surface area contributed by atoms with Gasteiger partial charge in [0.1, 0.15) is 17.0 Å². The predicted octanol–water partition coefficient (Wildman–Crippen LogP) is 5.31. The minimum absolute atomic E-state index is 0.352. The lowest BCUT2D eigenvalue weighted by Gasteiger charge is -2.19. The van der Waals surface area contributed by atoms with Crippen LogP contribution >= 0.6 is 0 Å². The van der Waals surface area contributed by atoms with E-state index in [-0.39, 0.29) is 5.97 Å². The number of rotatable bonds is 6. The SMILES string of the molecule is COC(=O)c1cccnc1Nc1ccc(Nc2ccc(C(=O)OC(C)(C)C)cc2)cc1. The first kappa shape index (κ1) is 21.8. The molecule has 2 N–H and O–H groups in total. The van der Waals surface area contributed by atoms with Gasteiger partial charge in [0, 0.05) is 23.3 Å². The quantitative estimate of drug-likeness (QED) is 0.523. The van der Waals surface area contributed by atoms with Crippen molar-refractivity contribution in [2.45, 2.75) is 26.4 Å². The van der Waals surface area contributed by atoms with Crippen LogP contribution in [-0.2, 0) is 9.47 Å². The molecule has 1 heterocycles. The van der Waals surface area contributed by atoms with Gasteiger partial charge in [-0.05, 0) is 81.4 Å². The molecular weight excluding hydrogens is 394 g/mol. The van der Waals surface area contributed by atoms with Crippen molar-refractivity contribution < 1.29 is 19.1 Å². The Morgan fingerprint density at radius 2 is 1.35 bits per heavy atom. The number of anilines is 4. The summed E-state index contributed by atoms with van der Waals surface area (Å²) in [6.45, 7) is 5.51. The number of hydrogen-bond donors (Lipinski definition) is 2. The van der Waals surface area contributed by atoms with Crippen LogP contribution in [0.3, 0.4) is 0 Å². The first-order chi connectivity index (χ1) is 14.7. The maximum absolute atomic E-state index is 12.1. The Labute approximate surface area is 181 Å². The highest BCUT2D eigenvalue weighted by atomic mass is 16.6. The van der Waals surface area contributed by atoms with Gasteiger partial charge in [-0.1, -0.05) is 0 Å². The zero-order valence-corrected chi connectivity index (χ0v) is 17.9. The maximum atomic E-state index is 12.1. The van der Waals surface area contributed by atoms with E-state index >= 15 is 0 Å². The van der Waals surface area contributed by atoms with Crippen LogP contribution in [0.1, 0.15) is 41.5 Å². The molecule has 3 aromatic rings. The predicted molar refractivity (Wildman–Crippen MR) is 120 cm³/mol. The Morgan fingerprint density at radius 1 is 0.806 bits per heavy atom. The number of carbonyl (C=O) groups excluding carboxylic acids is 2. The van der Waals surface area contributed by atoms with E-state index in [2.05, 4.69) is 15.6 Å². The summed E-state index contributed by atoms with van der Waals surface area (Å²) in [6, 6.07) is 17.9. The normalized spacial score (nSPS) is 10.8. The number of pyridine rings is 1. The number of benzene rings is 2. The van der Waals surface area contributed by atoms with Crippen LogP contribution in [0.2, 0.25) is 0 Å². The average Bonchev–Trinajstić information content (AvgIpc) is 2.74. The molecule has 1 aromatic heterocycles. The summed E-state index contributed by atoms with van der Waals surface area (Å²) >= 11 is 0. The molecule has 0 aliphatic rings. The van der Waals surface area contributed by atoms with Crippen molar-refractivity contribution in [3.63, 3.8) is 0 Å². The van der Waals surface area contributed by atoms with Crippen LogP contribution in [0.15, 0.2) is 66.9 Å². The molecule has 7 heteroatoms. The van der Waals surface area contributed by atoms with Crippen molar-refractivity contribution in [2.24, 2.45) is 0 Å². The summed E-state index contributed by atoms with van der Waals surface area (Å²) in [5, 5.41) is 6.40. The van der Waals surface area contributed by atoms with E-state index in [0.717, 1.165) is 17.1 Å². The van der Waals surface area contributed by atoms with Gasteiger partial charge in [-0.3, -0.25) is 0 Å². The topological polar surface area (TPSA) is 89.5 Å². The highest BCUT2D eigenvalue weighted by Crippen LogP contribution is 2.23. The fourth-order valence-electron chi connectivity index (χ4n) is 2.75. The number of nitrogens with one attached hydrogen (secondary N) is 2. The average molecular weight is 419 g/mol. The molecule has 0 saturated carbocycles. The standard InChI is InChI=1S/C24H25N3O4/c1-24(2,3)31-22(28)16-7-9-17(10-8-16)26-18-11-13-19(14-12-18)27-21-20(23(29)30-4)6-5-15-25-21/h5-15,26H,1-4H3,(H,25,27). The molecule has 0 fully saturated rings. The number of nitrogens with zero attached hydrogens (tertiary/aromatic N) is 1. The second-order valence-electron chi connectivity index (χ2n) is 7.80. The summed E-state index contributed by atoms with van der Waals surface area (Å²) in [7, 11) is 1.33. The van der Waals surface area contributed by atoms with E-state index in [9.17, 15) is 9.59 Å². The molecule has 0 amide bonds. The minimum Gasteiger partial charge on any atom is -0.465 e. The number of esters is 2. The third kappa shape index (κ3) is 6.05. The number of carbonyl (C=O) groups is 2. The van der Waals surface area contributed by atoms with Gasteiger partial charge in [0.2, 0.25) is 0 Å². The first-order valence-corrected chi connectivity index (χ1v) is 9.76. The molecule has 0 atom stereocenters. The van der Waals surface area contributed by atoms with Crippen LogP contribution in [0.5, 0.6) is 0 Å². The molecule has 160 valence electrons. The number of aromatic nitrogens is 1. The Morgan fingerprint density at radius 3 is 1.90 bits per heavy atom. The van der Waals surface area contributed by atoms with E-state index < -0.39 is 11.6 Å². The highest BCUT2D eigenvalue weighted by Gasteiger charge is 2.17. The summed E-state index contributed by atoms with van der Waals surface area (Å²) in [6.07, 6.45) is 1.60. The molecule has 0 spiro atoms. The van der Waals surface area contributed by atoms with Crippen molar-refractivity contribution in [3.8, 4) is 0 Å². The molecule has 31 heavy (non-hydrogen) atoms. The van der Waals surface area contributed by atoms with Crippen LogP contribution in [0.25, 0.3) is 0 Å². The van der Waals surface area contributed by atoms with Gasteiger partial charge in [0.25, 0.3) is 0 Å². The van der Waals surface area contributed by atoms with Gasteiger partial charge < -0.3 is 20.1 Å². The van der Waals surface area contributed by atoms with E-state index in [0.29, 0.717) is 16.9 Å². The molecule has 0 aliphatic carbocycles. The van der Waals surface area contributed by atoms with Crippen molar-refractivity contribution in [1.82, 2.24) is 4.98 Å². The first-order valence-electron chi connectivity index (χ1n) is 9.76. The fraction of sp³-hybridized carbons (Fsp3) is 0.208. The Balaban J connectivity index is 1.65. The third-order valence-electron chi connectivity index (χ3n) is 4.17. The van der Waals surface area contributed by atoms with Crippen LogP contribution < -0.4 is 10.6 Å². The molecule has 0 saturated heterocycles. The maximum Gasteiger partial charge on any atom is 0.341 e. The summed E-state index contributed by atoms with van der Waals surface area (Å²) < 4.78 is 10.2. The van der Waals surface area contributed by atoms with Crippen molar-refractivity contribution >= 4 is 34.8 Å². The number of hydrogen-bond acceptors (Lipinski definition) is 7. The Kier molecular flexibility index (Phi) is 6.55. The van der Waals surface area contributed by atoms with Crippen LogP contribution in [0, 0.1) is 0 Å². The number of methoxy groups -OCH3 is 1. The lowest BCUT2D eigenvalue weighted by Crippen LogP contribution is -2.23. The van der Waals surface area contributed by atoms with Crippen molar-refractivity contribution in [1.29, 1.82) is 0 Å². The zero-order valence-electron chi connectivity index (χ0n) is 17.9. The summed E-state index contributed by atoms with van der Waals surface area (Å²) in [5.41, 5.74) is 2.80. The fourth-order valence-corrected chi connectivity index (χ4v) is 2.75. The monoisotopic (exact) mass is 419 g/mol. The summed E-state index contributed by atoms with van der Waals surface area (Å²) in [5.74, 6) is -0.383. The number of ether oxygens (including phenoxy) is 2. The molecule has 0 radical (unpaired) electrons. The molecule has 0 unspecified atom stereocenters. The van der Waals surface area contributed by atoms with E-state index in [1.54, 1.807) is 30.5 Å². The van der Waals surface area contributed by atoms with Crippen LogP contribution in [-0.4, -0.2) is 29.6 Å². The second-order valence-corrected chi connectivity index (χ2v) is 7.80. The van der Waals surface area contributed by atoms with Crippen molar-refractivity contribution in [2.75, 3.05) is 17.7 Å². The van der Waals surface area contributed by atoms with Gasteiger partial charge in [0.05, 0.1) is 12.7 Å². The zero-order chi connectivity index (χ0) is 22.4. The molecule has 7 nitrogen and oxygen atoms in total. The van der Waals surface area contributed by atoms with Crippen molar-refractivity contribution in [3.05, 3.63) is 78.0 Å². The highest BCUT2D eigenvalue weighted by molar-refractivity contribution is 5.95. The lowest BCUT2D eigenvalue weighted by atomic mass is 10.1. The smallest absolute Gasteiger partial charge is 0.341 e. The van der Waals surface area contributed by atoms with E-state index in [1.165, 1.54) is 7.11 Å². The van der Waals surface area contributed by atoms with Gasteiger partial charge in [-0.15, -0.1) is 0 Å².